The number of nitrogens with one attached hydrogen (secondary N) is 2. The number of anilines is 1. The minimum Gasteiger partial charge on any atom is -0.406 e. The number of ether oxygens (including phenoxy) is 1. The molecule has 0 aliphatic heterocycles. The summed E-state index contributed by atoms with van der Waals surface area (Å²) in [6.07, 6.45) is 0.759. The summed E-state index contributed by atoms with van der Waals surface area (Å²) in [7, 11) is 0. The lowest BCUT2D eigenvalue weighted by Crippen LogP contribution is -2.33. The number of nitrogens with two attached hydrogens (primary N) is 2. The van der Waals surface area contributed by atoms with E-state index in [0.717, 1.165) is 18.2 Å². The minimum atomic E-state index is -4.94. The van der Waals surface area contributed by atoms with Gasteiger partial charge in [0.2, 0.25) is 5.91 Å². The highest BCUT2D eigenvalue weighted by atomic mass is 19.4. The zero-order valence-corrected chi connectivity index (χ0v) is 21.1. The molecule has 0 aliphatic rings. The Kier molecular flexibility index (Phi) is 10.4. The van der Waals surface area contributed by atoms with E-state index in [1.165, 1.54) is 11.2 Å². The Balaban J connectivity index is 1.37. The summed E-state index contributed by atoms with van der Waals surface area (Å²) in [5.41, 5.74) is 5.84. The van der Waals surface area contributed by atoms with Crippen molar-refractivity contribution in [1.29, 1.82) is 0 Å². The summed E-state index contributed by atoms with van der Waals surface area (Å²) in [5, 5.41) is 14.0. The molecule has 0 spiro atoms. The first-order valence-corrected chi connectivity index (χ1v) is 11.9. The van der Waals surface area contributed by atoms with Crippen molar-refractivity contribution in [1.82, 2.24) is 30.3 Å². The average molecular weight is 566 g/mol. The van der Waals surface area contributed by atoms with Gasteiger partial charge in [0.05, 0.1) is 12.6 Å². The molecule has 2 aromatic heterocycles. The van der Waals surface area contributed by atoms with Gasteiger partial charge in [0.15, 0.2) is 5.82 Å². The van der Waals surface area contributed by atoms with Gasteiger partial charge in [-0.3, -0.25) is 19.3 Å². The van der Waals surface area contributed by atoms with Crippen molar-refractivity contribution in [2.75, 3.05) is 11.9 Å². The molecular weight excluding hydrogens is 538 g/mol. The van der Waals surface area contributed by atoms with Crippen molar-refractivity contribution in [2.24, 2.45) is 11.6 Å². The Morgan fingerprint density at radius 2 is 1.98 bits per heavy atom. The summed E-state index contributed by atoms with van der Waals surface area (Å²) in [6.45, 7) is 0.378. The van der Waals surface area contributed by atoms with E-state index in [0.29, 0.717) is 37.4 Å². The van der Waals surface area contributed by atoms with E-state index in [1.54, 1.807) is 35.3 Å². The van der Waals surface area contributed by atoms with Crippen LogP contribution in [0.3, 0.4) is 0 Å². The predicted molar refractivity (Wildman–Crippen MR) is 134 cm³/mol. The first-order chi connectivity index (χ1) is 19.0. The lowest BCUT2D eigenvalue weighted by atomic mass is 10.2. The molecule has 0 unspecified atom stereocenters. The van der Waals surface area contributed by atoms with Crippen molar-refractivity contribution in [2.45, 2.75) is 38.7 Å². The number of alkyl halides is 3. The Morgan fingerprint density at radius 3 is 2.70 bits per heavy atom. The molecule has 0 aliphatic carbocycles. The Morgan fingerprint density at radius 1 is 1.18 bits per heavy atom. The fraction of sp³-hybridized carbons (Fsp3) is 0.292. The van der Waals surface area contributed by atoms with Crippen LogP contribution < -0.4 is 26.9 Å². The number of halogens is 4. The highest BCUT2D eigenvalue weighted by molar-refractivity contribution is 5.92. The zero-order chi connectivity index (χ0) is 29.1. The summed E-state index contributed by atoms with van der Waals surface area (Å²) in [6, 6.07) is 7.73. The number of hydrogen-bond donors (Lipinski definition) is 4. The van der Waals surface area contributed by atoms with E-state index in [1.807, 2.05) is 0 Å². The molecule has 0 saturated heterocycles. The number of carbonyl (C=O) groups excluding carboxylic acids is 2. The van der Waals surface area contributed by atoms with Crippen LogP contribution in [0.5, 0.6) is 5.75 Å². The third-order valence-electron chi connectivity index (χ3n) is 5.18. The van der Waals surface area contributed by atoms with Gasteiger partial charge in [-0.15, -0.1) is 18.3 Å². The highest BCUT2D eigenvalue weighted by Gasteiger charge is 2.31. The van der Waals surface area contributed by atoms with Gasteiger partial charge in [-0.1, -0.05) is 11.3 Å². The Labute approximate surface area is 225 Å². The fourth-order valence-corrected chi connectivity index (χ4v) is 3.35. The molecule has 2 heterocycles. The zero-order valence-electron chi connectivity index (χ0n) is 21.1. The smallest absolute Gasteiger partial charge is 0.406 e. The van der Waals surface area contributed by atoms with Crippen LogP contribution in [-0.4, -0.2) is 49.7 Å². The maximum absolute atomic E-state index is 13.9. The largest absolute Gasteiger partial charge is 0.573 e. The summed E-state index contributed by atoms with van der Waals surface area (Å²) in [4.78, 5) is 28.4. The molecule has 3 rings (SSSR count). The van der Waals surface area contributed by atoms with Crippen LogP contribution in [-0.2, 0) is 29.1 Å². The molecule has 2 amide bonds. The van der Waals surface area contributed by atoms with Crippen molar-refractivity contribution >= 4 is 17.6 Å². The van der Waals surface area contributed by atoms with E-state index in [9.17, 15) is 27.2 Å². The van der Waals surface area contributed by atoms with Crippen LogP contribution in [0.1, 0.15) is 24.1 Å². The molecule has 40 heavy (non-hydrogen) atoms. The van der Waals surface area contributed by atoms with E-state index in [2.05, 4.69) is 30.7 Å². The molecule has 0 fully saturated rings. The standard InChI is InChI=1S/C24H27F4N9O3/c25-19-7-6-18(40-24(26,27)28)11-16(19)13-32-23(39)20(29)14-36(30)9-3-4-10-37-15-21(34-35-37)33-22(38)12-17-5-1-2-8-31-17/h1-2,5-8,11,14-15H,3-4,9-10,12-13,29-30H2,(H,32,39)(H,33,38)/b20-14-. The molecule has 6 N–H and O–H groups in total. The number of benzene rings is 1. The number of carbonyl (C=O) groups is 2. The number of pyridine rings is 1. The molecular formula is C24H27F4N9O3. The van der Waals surface area contributed by atoms with E-state index >= 15 is 0 Å². The average Bonchev–Trinajstić information content (AvgIpc) is 3.33. The molecule has 0 radical (unpaired) electrons. The fourth-order valence-electron chi connectivity index (χ4n) is 3.35. The predicted octanol–water partition coefficient (Wildman–Crippen LogP) is 1.96. The van der Waals surface area contributed by atoms with Gasteiger partial charge in [0.1, 0.15) is 17.3 Å². The van der Waals surface area contributed by atoms with Crippen LogP contribution in [0, 0.1) is 5.82 Å². The maximum Gasteiger partial charge on any atom is 0.573 e. The lowest BCUT2D eigenvalue weighted by Gasteiger charge is -2.15. The van der Waals surface area contributed by atoms with E-state index < -0.39 is 30.4 Å². The highest BCUT2D eigenvalue weighted by Crippen LogP contribution is 2.24. The summed E-state index contributed by atoms with van der Waals surface area (Å²) < 4.78 is 56.3. The van der Waals surface area contributed by atoms with Gasteiger partial charge in [-0.05, 0) is 43.2 Å². The normalized spacial score (nSPS) is 11.7. The quantitative estimate of drug-likeness (QED) is 0.0797. The van der Waals surface area contributed by atoms with E-state index in [4.69, 9.17) is 11.6 Å². The summed E-state index contributed by atoms with van der Waals surface area (Å²) in [5.74, 6) is 3.64. The Hall–Kier alpha value is -4.73. The van der Waals surface area contributed by atoms with Crippen molar-refractivity contribution in [3.63, 3.8) is 0 Å². The molecule has 12 nitrogen and oxygen atoms in total. The van der Waals surface area contributed by atoms with Gasteiger partial charge in [0.25, 0.3) is 5.91 Å². The second kappa shape index (κ2) is 13.9. The van der Waals surface area contributed by atoms with Gasteiger partial charge < -0.3 is 26.1 Å². The number of hydrogen-bond acceptors (Lipinski definition) is 9. The number of aryl methyl sites for hydroxylation is 1. The van der Waals surface area contributed by atoms with E-state index in [-0.39, 0.29) is 23.6 Å². The number of unbranched alkanes of at least 4 members (excludes halogenated alkanes) is 1. The van der Waals surface area contributed by atoms with Crippen molar-refractivity contribution in [3.05, 3.63) is 77.8 Å². The van der Waals surface area contributed by atoms with Crippen LogP contribution in [0.15, 0.2) is 60.7 Å². The number of hydrazine groups is 1. The molecule has 0 saturated carbocycles. The number of aromatic nitrogens is 4. The molecule has 214 valence electrons. The second-order valence-electron chi connectivity index (χ2n) is 8.43. The number of nitrogens with zero attached hydrogens (tertiary/aromatic N) is 5. The van der Waals surface area contributed by atoms with Gasteiger partial charge in [-0.2, -0.15) is 0 Å². The minimum absolute atomic E-state index is 0.107. The van der Waals surface area contributed by atoms with Crippen molar-refractivity contribution < 1.29 is 31.9 Å². The molecule has 3 aromatic rings. The molecule has 16 heteroatoms. The molecule has 1 aromatic carbocycles. The van der Waals surface area contributed by atoms with Crippen LogP contribution >= 0.6 is 0 Å². The first kappa shape index (κ1) is 29.8. The van der Waals surface area contributed by atoms with Gasteiger partial charge >= 0.3 is 6.36 Å². The Bertz CT molecular complexity index is 1320. The lowest BCUT2D eigenvalue weighted by molar-refractivity contribution is -0.274. The topological polar surface area (TPSA) is 166 Å². The van der Waals surface area contributed by atoms with Crippen molar-refractivity contribution in [3.8, 4) is 5.75 Å². The summed E-state index contributed by atoms with van der Waals surface area (Å²) >= 11 is 0. The van der Waals surface area contributed by atoms with Crippen LogP contribution in [0.25, 0.3) is 0 Å². The van der Waals surface area contributed by atoms with Gasteiger partial charge in [-0.25, -0.2) is 10.2 Å². The SMILES string of the molecule is N/C(=C\N(N)CCCCn1cc(NC(=O)Cc2ccccn2)nn1)C(=O)NCc1cc(OC(F)(F)F)ccc1F. The second-order valence-corrected chi connectivity index (χ2v) is 8.43. The van der Waals surface area contributed by atoms with Gasteiger partial charge in [0, 0.05) is 43.3 Å². The number of amides is 2. The monoisotopic (exact) mass is 565 g/mol. The maximum atomic E-state index is 13.9. The van der Waals surface area contributed by atoms with Crippen LogP contribution in [0.4, 0.5) is 23.4 Å². The molecule has 0 bridgehead atoms. The third-order valence-corrected chi connectivity index (χ3v) is 5.18. The van der Waals surface area contributed by atoms with Crippen LogP contribution in [0.2, 0.25) is 0 Å². The molecule has 0 atom stereocenters. The third kappa shape index (κ3) is 10.2. The number of rotatable bonds is 13. The first-order valence-electron chi connectivity index (χ1n) is 11.9.